The maximum Gasteiger partial charge on any atom is 0.329 e. The van der Waals surface area contributed by atoms with E-state index in [9.17, 15) is 14.7 Å². The van der Waals surface area contributed by atoms with Gasteiger partial charge in [0.2, 0.25) is 0 Å². The third kappa shape index (κ3) is 2.66. The molecule has 0 radical (unpaired) electrons. The lowest BCUT2D eigenvalue weighted by molar-refractivity contribution is -0.148. The number of rotatable bonds is 6. The molecule has 2 rings (SSSR count). The highest BCUT2D eigenvalue weighted by atomic mass is 16.4. The molecule has 1 saturated carbocycles. The van der Waals surface area contributed by atoms with Crippen molar-refractivity contribution in [3.63, 3.8) is 0 Å². The number of amides is 1. The quantitative estimate of drug-likeness (QED) is 0.842. The highest BCUT2D eigenvalue weighted by Gasteiger charge is 2.46. The molecule has 1 fully saturated rings. The Labute approximate surface area is 124 Å². The summed E-state index contributed by atoms with van der Waals surface area (Å²) in [6, 6.07) is 0.267. The molecule has 0 aliphatic heterocycles. The molecule has 1 aromatic heterocycles. The molecule has 1 heterocycles. The summed E-state index contributed by atoms with van der Waals surface area (Å²) in [6.07, 6.45) is 5.25. The van der Waals surface area contributed by atoms with Crippen molar-refractivity contribution in [3.05, 3.63) is 17.5 Å². The molecule has 21 heavy (non-hydrogen) atoms. The zero-order valence-electron chi connectivity index (χ0n) is 12.8. The SMILES string of the molecule is CCC(CC)n1ncc(C(=O)NC2(C(=O)O)CCC2)c1C. The van der Waals surface area contributed by atoms with E-state index >= 15 is 0 Å². The Morgan fingerprint density at radius 2 is 2.05 bits per heavy atom. The Kier molecular flexibility index (Phi) is 4.34. The van der Waals surface area contributed by atoms with E-state index in [1.807, 2.05) is 11.6 Å². The van der Waals surface area contributed by atoms with Crippen LogP contribution >= 0.6 is 0 Å². The summed E-state index contributed by atoms with van der Waals surface area (Å²) in [4.78, 5) is 23.7. The van der Waals surface area contributed by atoms with Gasteiger partial charge in [-0.05, 0) is 39.0 Å². The van der Waals surface area contributed by atoms with Crippen LogP contribution in [0.1, 0.15) is 68.0 Å². The molecular formula is C15H23N3O3. The van der Waals surface area contributed by atoms with Gasteiger partial charge in [-0.1, -0.05) is 13.8 Å². The number of hydrogen-bond acceptors (Lipinski definition) is 3. The molecule has 0 spiro atoms. The lowest BCUT2D eigenvalue weighted by atomic mass is 9.76. The summed E-state index contributed by atoms with van der Waals surface area (Å²) in [5, 5.41) is 16.3. The second-order valence-electron chi connectivity index (χ2n) is 5.75. The van der Waals surface area contributed by atoms with Gasteiger partial charge < -0.3 is 10.4 Å². The molecule has 0 saturated heterocycles. The van der Waals surface area contributed by atoms with Gasteiger partial charge in [-0.15, -0.1) is 0 Å². The number of aromatic nitrogens is 2. The maximum atomic E-state index is 12.4. The van der Waals surface area contributed by atoms with E-state index in [0.29, 0.717) is 18.4 Å². The number of nitrogens with zero attached hydrogens (tertiary/aromatic N) is 2. The van der Waals surface area contributed by atoms with Crippen molar-refractivity contribution < 1.29 is 14.7 Å². The molecule has 1 aliphatic rings. The van der Waals surface area contributed by atoms with Gasteiger partial charge in [-0.2, -0.15) is 5.10 Å². The monoisotopic (exact) mass is 293 g/mol. The summed E-state index contributed by atoms with van der Waals surface area (Å²) in [6.45, 7) is 6.03. The van der Waals surface area contributed by atoms with Crippen molar-refractivity contribution in [2.45, 2.75) is 64.5 Å². The first kappa shape index (κ1) is 15.5. The van der Waals surface area contributed by atoms with E-state index in [4.69, 9.17) is 0 Å². The molecule has 0 unspecified atom stereocenters. The largest absolute Gasteiger partial charge is 0.480 e. The van der Waals surface area contributed by atoms with Gasteiger partial charge in [0.1, 0.15) is 5.54 Å². The van der Waals surface area contributed by atoms with Crippen LogP contribution in [-0.4, -0.2) is 32.3 Å². The molecule has 0 bridgehead atoms. The van der Waals surface area contributed by atoms with Crippen LogP contribution in [0.25, 0.3) is 0 Å². The minimum Gasteiger partial charge on any atom is -0.480 e. The predicted molar refractivity (Wildman–Crippen MR) is 78.3 cm³/mol. The third-order valence-corrected chi connectivity index (χ3v) is 4.55. The zero-order valence-corrected chi connectivity index (χ0v) is 12.8. The minimum absolute atomic E-state index is 0.267. The first-order valence-corrected chi connectivity index (χ1v) is 7.55. The van der Waals surface area contributed by atoms with Crippen LogP contribution in [0.3, 0.4) is 0 Å². The van der Waals surface area contributed by atoms with Gasteiger partial charge in [0, 0.05) is 5.69 Å². The van der Waals surface area contributed by atoms with E-state index in [1.165, 1.54) is 6.20 Å². The van der Waals surface area contributed by atoms with E-state index in [-0.39, 0.29) is 11.9 Å². The standard InChI is InChI=1S/C15H23N3O3/c1-4-11(5-2)18-10(3)12(9-16-18)13(19)17-15(14(20)21)7-6-8-15/h9,11H,4-8H2,1-3H3,(H,17,19)(H,20,21). The van der Waals surface area contributed by atoms with Crippen LogP contribution in [0.4, 0.5) is 0 Å². The molecule has 1 aliphatic carbocycles. The topological polar surface area (TPSA) is 84.2 Å². The van der Waals surface area contributed by atoms with Crippen LogP contribution in [-0.2, 0) is 4.79 Å². The number of hydrogen-bond donors (Lipinski definition) is 2. The van der Waals surface area contributed by atoms with E-state index in [2.05, 4.69) is 24.3 Å². The van der Waals surface area contributed by atoms with Gasteiger partial charge in [0.05, 0.1) is 17.8 Å². The molecule has 1 aromatic rings. The fourth-order valence-electron chi connectivity index (χ4n) is 2.86. The Morgan fingerprint density at radius 1 is 1.43 bits per heavy atom. The van der Waals surface area contributed by atoms with E-state index in [0.717, 1.165) is 25.0 Å². The summed E-state index contributed by atoms with van der Waals surface area (Å²) < 4.78 is 1.86. The fourth-order valence-corrected chi connectivity index (χ4v) is 2.86. The number of carbonyl (C=O) groups excluding carboxylic acids is 1. The van der Waals surface area contributed by atoms with Crippen molar-refractivity contribution in [2.24, 2.45) is 0 Å². The Hall–Kier alpha value is -1.85. The first-order valence-electron chi connectivity index (χ1n) is 7.55. The maximum absolute atomic E-state index is 12.4. The summed E-state index contributed by atoms with van der Waals surface area (Å²) in [7, 11) is 0. The molecule has 1 amide bonds. The summed E-state index contributed by atoms with van der Waals surface area (Å²) in [5.41, 5.74) is 0.177. The molecule has 6 nitrogen and oxygen atoms in total. The highest BCUT2D eigenvalue weighted by Crippen LogP contribution is 2.32. The lowest BCUT2D eigenvalue weighted by Gasteiger charge is -2.38. The average molecular weight is 293 g/mol. The van der Waals surface area contributed by atoms with Gasteiger partial charge in [0.25, 0.3) is 5.91 Å². The first-order chi connectivity index (χ1) is 9.95. The highest BCUT2D eigenvalue weighted by molar-refractivity contribution is 5.98. The number of carboxylic acids is 1. The number of nitrogens with one attached hydrogen (secondary N) is 1. The molecule has 0 aromatic carbocycles. The van der Waals surface area contributed by atoms with E-state index < -0.39 is 11.5 Å². The Morgan fingerprint density at radius 3 is 2.48 bits per heavy atom. The predicted octanol–water partition coefficient (Wildman–Crippen LogP) is 2.29. The second-order valence-corrected chi connectivity index (χ2v) is 5.75. The molecule has 6 heteroatoms. The van der Waals surface area contributed by atoms with Gasteiger partial charge in [-0.25, -0.2) is 4.79 Å². The number of aliphatic carboxylic acids is 1. The minimum atomic E-state index is -1.08. The van der Waals surface area contributed by atoms with Gasteiger partial charge >= 0.3 is 5.97 Å². The van der Waals surface area contributed by atoms with Crippen molar-refractivity contribution in [1.29, 1.82) is 0 Å². The number of carbonyl (C=O) groups is 2. The summed E-state index contributed by atoms with van der Waals surface area (Å²) >= 11 is 0. The Balaban J connectivity index is 2.19. The van der Waals surface area contributed by atoms with Gasteiger partial charge in [-0.3, -0.25) is 9.48 Å². The van der Waals surface area contributed by atoms with E-state index in [1.54, 1.807) is 0 Å². The normalized spacial score (nSPS) is 16.6. The summed E-state index contributed by atoms with van der Waals surface area (Å²) in [5.74, 6) is -1.29. The van der Waals surface area contributed by atoms with Crippen LogP contribution in [0, 0.1) is 6.92 Å². The lowest BCUT2D eigenvalue weighted by Crippen LogP contribution is -2.59. The number of carboxylic acid groups (broad SMARTS) is 1. The van der Waals surface area contributed by atoms with Crippen molar-refractivity contribution in [3.8, 4) is 0 Å². The van der Waals surface area contributed by atoms with Crippen molar-refractivity contribution >= 4 is 11.9 Å². The smallest absolute Gasteiger partial charge is 0.329 e. The van der Waals surface area contributed by atoms with Crippen LogP contribution in [0.15, 0.2) is 6.20 Å². The fraction of sp³-hybridized carbons (Fsp3) is 0.667. The Bertz CT molecular complexity index is 542. The third-order valence-electron chi connectivity index (χ3n) is 4.55. The van der Waals surface area contributed by atoms with Crippen LogP contribution in [0.2, 0.25) is 0 Å². The average Bonchev–Trinajstić information content (AvgIpc) is 2.77. The van der Waals surface area contributed by atoms with Crippen molar-refractivity contribution in [2.75, 3.05) is 0 Å². The molecule has 2 N–H and O–H groups in total. The molecule has 116 valence electrons. The van der Waals surface area contributed by atoms with Crippen LogP contribution < -0.4 is 5.32 Å². The van der Waals surface area contributed by atoms with Crippen LogP contribution in [0.5, 0.6) is 0 Å². The molecule has 0 atom stereocenters. The van der Waals surface area contributed by atoms with Crippen molar-refractivity contribution in [1.82, 2.24) is 15.1 Å². The zero-order chi connectivity index (χ0) is 15.6. The molecular weight excluding hydrogens is 270 g/mol. The van der Waals surface area contributed by atoms with Gasteiger partial charge in [0.15, 0.2) is 0 Å². The second kappa shape index (κ2) is 5.87.